The van der Waals surface area contributed by atoms with Gasteiger partial charge in [0.05, 0.1) is 0 Å². The van der Waals surface area contributed by atoms with E-state index in [4.69, 9.17) is 15.6 Å². The molecule has 2 atom stereocenters. The molecule has 5 rings (SSSR count). The van der Waals surface area contributed by atoms with Crippen molar-refractivity contribution in [3.63, 3.8) is 0 Å². The molecule has 6 N–H and O–H groups in total. The third-order valence-corrected chi connectivity index (χ3v) is 7.30. The van der Waals surface area contributed by atoms with Gasteiger partial charge in [0, 0.05) is 48.0 Å². The highest BCUT2D eigenvalue weighted by Gasteiger charge is 2.30. The fourth-order valence-electron chi connectivity index (χ4n) is 5.06. The molecule has 1 aliphatic heterocycles. The van der Waals surface area contributed by atoms with Gasteiger partial charge >= 0.3 is 6.03 Å². The summed E-state index contributed by atoms with van der Waals surface area (Å²) < 4.78 is 6.00. The van der Waals surface area contributed by atoms with Crippen LogP contribution in [0.5, 0.6) is 0 Å². The summed E-state index contributed by atoms with van der Waals surface area (Å²) in [6, 6.07) is 16.6. The van der Waals surface area contributed by atoms with E-state index in [0.717, 1.165) is 54.2 Å². The third kappa shape index (κ3) is 7.09. The summed E-state index contributed by atoms with van der Waals surface area (Å²) in [5.74, 6) is 2.40. The molecule has 2 amide bonds. The Bertz CT molecular complexity index is 1580. The van der Waals surface area contributed by atoms with E-state index in [1.54, 1.807) is 6.07 Å². The third-order valence-electron chi connectivity index (χ3n) is 7.30. The number of benzene rings is 2. The lowest BCUT2D eigenvalue weighted by molar-refractivity contribution is 0.262. The van der Waals surface area contributed by atoms with E-state index in [1.165, 1.54) is 0 Å². The van der Waals surface area contributed by atoms with Crippen LogP contribution in [0.1, 0.15) is 29.5 Å². The maximum absolute atomic E-state index is 12.5. The van der Waals surface area contributed by atoms with Crippen molar-refractivity contribution in [2.45, 2.75) is 20.8 Å². The van der Waals surface area contributed by atoms with Gasteiger partial charge in [0.2, 0.25) is 5.95 Å². The van der Waals surface area contributed by atoms with Gasteiger partial charge in [-0.15, -0.1) is 0 Å². The van der Waals surface area contributed by atoms with E-state index in [9.17, 15) is 4.79 Å². The van der Waals surface area contributed by atoms with Gasteiger partial charge < -0.3 is 25.7 Å². The summed E-state index contributed by atoms with van der Waals surface area (Å²) in [7, 11) is 0. The quantitative estimate of drug-likeness (QED) is 0.137. The molecule has 0 bridgehead atoms. The minimum Gasteiger partial charge on any atom is -0.457 e. The van der Waals surface area contributed by atoms with Crippen molar-refractivity contribution in [2.75, 3.05) is 42.1 Å². The van der Waals surface area contributed by atoms with E-state index in [2.05, 4.69) is 43.8 Å². The molecular weight excluding hydrogens is 516 g/mol. The zero-order valence-electron chi connectivity index (χ0n) is 23.6. The van der Waals surface area contributed by atoms with Crippen LogP contribution in [-0.2, 0) is 0 Å². The fourth-order valence-corrected chi connectivity index (χ4v) is 5.06. The lowest BCUT2D eigenvalue weighted by atomic mass is 9.95. The van der Waals surface area contributed by atoms with Crippen molar-refractivity contribution in [2.24, 2.45) is 17.6 Å². The molecule has 4 aromatic rings. The molecule has 1 saturated heterocycles. The lowest BCUT2D eigenvalue weighted by Gasteiger charge is -2.17. The smallest absolute Gasteiger partial charge is 0.326 e. The summed E-state index contributed by atoms with van der Waals surface area (Å²) in [6.45, 7) is 9.68. The summed E-state index contributed by atoms with van der Waals surface area (Å²) in [5.41, 5.74) is 9.65. The van der Waals surface area contributed by atoms with E-state index in [0.29, 0.717) is 28.9 Å². The number of nitrogens with two attached hydrogens (primary N) is 1. The van der Waals surface area contributed by atoms with Crippen molar-refractivity contribution in [1.82, 2.24) is 14.9 Å². The standard InChI is InChI=1S/C31H36N8O2/c1-4-39-17-22(7-11-26-15-23-14-21(29(32)33)8-12-27(23)41-26)24(18-39)16-34-28-13-20(3)35-30(37-28)38-31(40)36-25-9-5-19(2)6-10-25/h5-15,22,24H,4,16-18H2,1-3H3,(H3,32,33)(H3,34,35,36,37,38,40). The number of carbonyl (C=O) groups is 1. The normalized spacial score (nSPS) is 17.2. The number of nitrogens with zero attached hydrogens (tertiary/aromatic N) is 3. The Morgan fingerprint density at radius 2 is 1.90 bits per heavy atom. The van der Waals surface area contributed by atoms with E-state index in [1.807, 2.05) is 68.5 Å². The second kappa shape index (κ2) is 12.2. The molecule has 10 heteroatoms. The number of carbonyl (C=O) groups excluding carboxylic acids is 1. The Balaban J connectivity index is 1.23. The van der Waals surface area contributed by atoms with Crippen LogP contribution in [-0.4, -0.2) is 52.9 Å². The Labute approximate surface area is 239 Å². The van der Waals surface area contributed by atoms with Gasteiger partial charge in [-0.05, 0) is 74.7 Å². The van der Waals surface area contributed by atoms with Crippen molar-refractivity contribution in [3.8, 4) is 0 Å². The number of aromatic nitrogens is 2. The average molecular weight is 553 g/mol. The van der Waals surface area contributed by atoms with Crippen LogP contribution in [0.15, 0.2) is 65.1 Å². The molecule has 0 aliphatic carbocycles. The van der Waals surface area contributed by atoms with E-state index in [-0.39, 0.29) is 11.8 Å². The van der Waals surface area contributed by atoms with Gasteiger partial charge in [-0.1, -0.05) is 30.7 Å². The first-order valence-electron chi connectivity index (χ1n) is 13.8. The SMILES string of the molecule is CCN1CC(C=Cc2cc3cc(C(=N)N)ccc3o2)C(CNc2cc(C)nc(NC(=O)Nc3ccc(C)cc3)n2)C1. The second-order valence-electron chi connectivity index (χ2n) is 10.5. The minimum absolute atomic E-state index is 0.0402. The first-order chi connectivity index (χ1) is 19.7. The molecule has 3 heterocycles. The Morgan fingerprint density at radius 1 is 1.10 bits per heavy atom. The van der Waals surface area contributed by atoms with Gasteiger partial charge in [-0.2, -0.15) is 4.98 Å². The van der Waals surface area contributed by atoms with Gasteiger partial charge in [-0.25, -0.2) is 9.78 Å². The molecule has 1 aliphatic rings. The molecule has 2 aromatic heterocycles. The molecule has 2 aromatic carbocycles. The molecule has 212 valence electrons. The number of anilines is 3. The number of rotatable bonds is 9. The number of nitrogen functional groups attached to an aromatic ring is 1. The number of hydrogen-bond acceptors (Lipinski definition) is 7. The van der Waals surface area contributed by atoms with Crippen molar-refractivity contribution >= 4 is 46.4 Å². The molecular formula is C31H36N8O2. The topological polar surface area (TPSA) is 145 Å². The number of aryl methyl sites for hydroxylation is 2. The highest BCUT2D eigenvalue weighted by Crippen LogP contribution is 2.28. The predicted octanol–water partition coefficient (Wildman–Crippen LogP) is 5.46. The Morgan fingerprint density at radius 3 is 2.66 bits per heavy atom. The van der Waals surface area contributed by atoms with Crippen LogP contribution >= 0.6 is 0 Å². The van der Waals surface area contributed by atoms with Gasteiger partial charge in [0.1, 0.15) is 23.0 Å². The fraction of sp³-hybridized carbons (Fsp3) is 0.290. The molecule has 0 spiro atoms. The molecule has 0 saturated carbocycles. The number of furan rings is 1. The molecule has 41 heavy (non-hydrogen) atoms. The largest absolute Gasteiger partial charge is 0.457 e. The summed E-state index contributed by atoms with van der Waals surface area (Å²) in [5, 5.41) is 17.6. The van der Waals surface area contributed by atoms with Crippen LogP contribution in [0.4, 0.5) is 22.2 Å². The Kier molecular flexibility index (Phi) is 8.30. The minimum atomic E-state index is -0.395. The van der Waals surface area contributed by atoms with Crippen LogP contribution in [0.2, 0.25) is 0 Å². The molecule has 1 fully saturated rings. The van der Waals surface area contributed by atoms with Gasteiger partial charge in [0.15, 0.2) is 0 Å². The first-order valence-corrected chi connectivity index (χ1v) is 13.8. The van der Waals surface area contributed by atoms with Gasteiger partial charge in [-0.3, -0.25) is 10.7 Å². The highest BCUT2D eigenvalue weighted by atomic mass is 16.3. The number of amidine groups is 1. The number of amides is 2. The average Bonchev–Trinajstić information content (AvgIpc) is 3.54. The predicted molar refractivity (Wildman–Crippen MR) is 164 cm³/mol. The van der Waals surface area contributed by atoms with Crippen molar-refractivity contribution < 1.29 is 9.21 Å². The monoisotopic (exact) mass is 552 g/mol. The summed E-state index contributed by atoms with van der Waals surface area (Å²) >= 11 is 0. The first kappa shape index (κ1) is 27.9. The highest BCUT2D eigenvalue weighted by molar-refractivity contribution is 5.99. The zero-order chi connectivity index (χ0) is 28.9. The molecule has 2 unspecified atom stereocenters. The number of hydrogen-bond donors (Lipinski definition) is 5. The van der Waals surface area contributed by atoms with E-state index < -0.39 is 6.03 Å². The zero-order valence-corrected chi connectivity index (χ0v) is 23.6. The van der Waals surface area contributed by atoms with Crippen LogP contribution in [0.3, 0.4) is 0 Å². The van der Waals surface area contributed by atoms with Crippen LogP contribution < -0.4 is 21.7 Å². The maximum Gasteiger partial charge on any atom is 0.326 e. The van der Waals surface area contributed by atoms with Gasteiger partial charge in [0.25, 0.3) is 0 Å². The van der Waals surface area contributed by atoms with Crippen molar-refractivity contribution in [3.05, 3.63) is 83.3 Å². The van der Waals surface area contributed by atoms with E-state index >= 15 is 0 Å². The number of likely N-dealkylation sites (tertiary alicyclic amines) is 1. The second-order valence-corrected chi connectivity index (χ2v) is 10.5. The lowest BCUT2D eigenvalue weighted by Crippen LogP contribution is -2.24. The number of fused-ring (bicyclic) bond motifs is 1. The van der Waals surface area contributed by atoms with Crippen molar-refractivity contribution in [1.29, 1.82) is 5.41 Å². The van der Waals surface area contributed by atoms with Crippen LogP contribution in [0.25, 0.3) is 17.0 Å². The Hall–Kier alpha value is -4.70. The number of nitrogens with one attached hydrogen (secondary N) is 4. The summed E-state index contributed by atoms with van der Waals surface area (Å²) in [4.78, 5) is 23.8. The maximum atomic E-state index is 12.5. The van der Waals surface area contributed by atoms with Crippen LogP contribution in [0, 0.1) is 31.1 Å². The summed E-state index contributed by atoms with van der Waals surface area (Å²) in [6.07, 6.45) is 4.26. The molecule has 0 radical (unpaired) electrons. The molecule has 10 nitrogen and oxygen atoms in total. The number of urea groups is 1.